The van der Waals surface area contributed by atoms with Crippen molar-refractivity contribution >= 4 is 5.78 Å². The minimum Gasteiger partial charge on any atom is -0.375 e. The molecule has 1 saturated heterocycles. The van der Waals surface area contributed by atoms with Gasteiger partial charge in [0.05, 0.1) is 12.7 Å². The lowest BCUT2D eigenvalue weighted by Gasteiger charge is -2.23. The van der Waals surface area contributed by atoms with Crippen LogP contribution in [0.4, 0.5) is 0 Å². The maximum absolute atomic E-state index is 12.0. The summed E-state index contributed by atoms with van der Waals surface area (Å²) in [5.74, 6) is 0.301. The third-order valence-electron chi connectivity index (χ3n) is 3.32. The van der Waals surface area contributed by atoms with Gasteiger partial charge in [0.1, 0.15) is 0 Å². The van der Waals surface area contributed by atoms with Crippen LogP contribution in [0.2, 0.25) is 0 Å². The normalized spacial score (nSPS) is 27.0. The molecule has 1 atom stereocenters. The number of carbonyl (C=O) groups is 1. The predicted octanol–water partition coefficient (Wildman–Crippen LogP) is 1.82. The molecule has 1 unspecified atom stereocenters. The second-order valence-corrected chi connectivity index (χ2v) is 4.65. The van der Waals surface area contributed by atoms with E-state index in [1.54, 1.807) is 0 Å². The molecule has 0 saturated carbocycles. The molecule has 2 aliphatic rings. The van der Waals surface area contributed by atoms with Gasteiger partial charge in [0, 0.05) is 19.5 Å². The molecule has 0 aromatic carbocycles. The molecule has 0 aromatic heterocycles. The Morgan fingerprint density at radius 1 is 1.44 bits per heavy atom. The molecular formula is C13H21NO2. The van der Waals surface area contributed by atoms with Crippen LogP contribution in [0.25, 0.3) is 0 Å². The molecule has 90 valence electrons. The first-order chi connectivity index (χ1) is 7.86. The van der Waals surface area contributed by atoms with Gasteiger partial charge in [0.25, 0.3) is 0 Å². The standard InChI is InChI=1S/C13H21NO2/c15-13(9-12-10-14-7-8-16-12)11-5-3-1-2-4-6-11/h5,12,14H,1-4,6-10H2. The number of rotatable bonds is 3. The van der Waals surface area contributed by atoms with Gasteiger partial charge in [-0.3, -0.25) is 4.79 Å². The average Bonchev–Trinajstić information content (AvgIpc) is 2.59. The van der Waals surface area contributed by atoms with Gasteiger partial charge in [-0.05, 0) is 31.3 Å². The third-order valence-corrected chi connectivity index (χ3v) is 3.32. The largest absolute Gasteiger partial charge is 0.375 e. The molecule has 3 nitrogen and oxygen atoms in total. The number of Topliss-reactive ketones (excluding diaryl/α,β-unsaturated/α-hetero) is 1. The maximum atomic E-state index is 12.0. The second-order valence-electron chi connectivity index (χ2n) is 4.65. The summed E-state index contributed by atoms with van der Waals surface area (Å²) in [7, 11) is 0. The van der Waals surface area contributed by atoms with Crippen LogP contribution >= 0.6 is 0 Å². The number of ketones is 1. The molecule has 16 heavy (non-hydrogen) atoms. The lowest BCUT2D eigenvalue weighted by Crippen LogP contribution is -2.39. The van der Waals surface area contributed by atoms with Gasteiger partial charge in [-0.2, -0.15) is 0 Å². The van der Waals surface area contributed by atoms with E-state index in [1.807, 2.05) is 0 Å². The van der Waals surface area contributed by atoms with E-state index in [1.165, 1.54) is 19.3 Å². The fourth-order valence-corrected chi connectivity index (χ4v) is 2.36. The van der Waals surface area contributed by atoms with Crippen LogP contribution in [0.1, 0.15) is 38.5 Å². The summed E-state index contributed by atoms with van der Waals surface area (Å²) < 4.78 is 5.56. The minimum atomic E-state index is 0.0883. The van der Waals surface area contributed by atoms with Crippen molar-refractivity contribution < 1.29 is 9.53 Å². The van der Waals surface area contributed by atoms with Crippen LogP contribution in [0.5, 0.6) is 0 Å². The van der Waals surface area contributed by atoms with Crippen LogP contribution in [0.15, 0.2) is 11.6 Å². The first-order valence-corrected chi connectivity index (χ1v) is 6.41. The summed E-state index contributed by atoms with van der Waals surface area (Å²) in [6.45, 7) is 2.46. The van der Waals surface area contributed by atoms with Gasteiger partial charge >= 0.3 is 0 Å². The van der Waals surface area contributed by atoms with E-state index < -0.39 is 0 Å². The molecule has 3 heteroatoms. The lowest BCUT2D eigenvalue weighted by molar-refractivity contribution is -0.119. The van der Waals surface area contributed by atoms with Gasteiger partial charge in [0.15, 0.2) is 5.78 Å². The summed E-state index contributed by atoms with van der Waals surface area (Å²) in [6.07, 6.45) is 8.49. The van der Waals surface area contributed by atoms with Crippen LogP contribution in [0, 0.1) is 0 Å². The van der Waals surface area contributed by atoms with Gasteiger partial charge in [-0.1, -0.05) is 12.5 Å². The Labute approximate surface area is 97.2 Å². The first kappa shape index (κ1) is 11.8. The fourth-order valence-electron chi connectivity index (χ4n) is 2.36. The molecule has 1 aliphatic carbocycles. The van der Waals surface area contributed by atoms with E-state index in [4.69, 9.17) is 4.74 Å². The quantitative estimate of drug-likeness (QED) is 0.793. The first-order valence-electron chi connectivity index (χ1n) is 6.41. The Kier molecular flexibility index (Phi) is 4.55. The van der Waals surface area contributed by atoms with E-state index >= 15 is 0 Å². The van der Waals surface area contributed by atoms with Crippen molar-refractivity contribution in [3.8, 4) is 0 Å². The van der Waals surface area contributed by atoms with Gasteiger partial charge in [-0.25, -0.2) is 0 Å². The number of morpholine rings is 1. The Bertz CT molecular complexity index is 267. The number of allylic oxidation sites excluding steroid dienone is 2. The Hall–Kier alpha value is -0.670. The highest BCUT2D eigenvalue weighted by Crippen LogP contribution is 2.20. The molecule has 1 aliphatic heterocycles. The molecule has 0 amide bonds. The predicted molar refractivity (Wildman–Crippen MR) is 63.4 cm³/mol. The molecule has 0 radical (unpaired) electrons. The lowest BCUT2D eigenvalue weighted by atomic mass is 10.0. The number of nitrogens with one attached hydrogen (secondary N) is 1. The molecule has 1 N–H and O–H groups in total. The van der Waals surface area contributed by atoms with Crippen molar-refractivity contribution in [2.75, 3.05) is 19.7 Å². The fraction of sp³-hybridized carbons (Fsp3) is 0.769. The smallest absolute Gasteiger partial charge is 0.161 e. The summed E-state index contributed by atoms with van der Waals surface area (Å²) >= 11 is 0. The van der Waals surface area contributed by atoms with Crippen molar-refractivity contribution in [1.82, 2.24) is 5.32 Å². The van der Waals surface area contributed by atoms with E-state index in [0.717, 1.165) is 38.1 Å². The molecule has 0 aromatic rings. The molecule has 0 bridgehead atoms. The Morgan fingerprint density at radius 3 is 3.19 bits per heavy atom. The average molecular weight is 223 g/mol. The van der Waals surface area contributed by atoms with Gasteiger partial charge < -0.3 is 10.1 Å². The zero-order chi connectivity index (χ0) is 11.2. The van der Waals surface area contributed by atoms with E-state index in [0.29, 0.717) is 12.2 Å². The Morgan fingerprint density at radius 2 is 2.38 bits per heavy atom. The van der Waals surface area contributed by atoms with Crippen molar-refractivity contribution in [3.63, 3.8) is 0 Å². The molecular weight excluding hydrogens is 202 g/mol. The highest BCUT2D eigenvalue weighted by atomic mass is 16.5. The zero-order valence-corrected chi connectivity index (χ0v) is 9.84. The van der Waals surface area contributed by atoms with Gasteiger partial charge in [-0.15, -0.1) is 0 Å². The monoisotopic (exact) mass is 223 g/mol. The van der Waals surface area contributed by atoms with Crippen molar-refractivity contribution in [3.05, 3.63) is 11.6 Å². The maximum Gasteiger partial charge on any atom is 0.161 e. The number of hydrogen-bond donors (Lipinski definition) is 1. The highest BCUT2D eigenvalue weighted by Gasteiger charge is 2.19. The van der Waals surface area contributed by atoms with Crippen LogP contribution in [-0.2, 0) is 9.53 Å². The highest BCUT2D eigenvalue weighted by molar-refractivity contribution is 5.95. The van der Waals surface area contributed by atoms with Crippen molar-refractivity contribution in [2.24, 2.45) is 0 Å². The SMILES string of the molecule is O=C(CC1CNCCO1)C1=CCCCCC1. The van der Waals surface area contributed by atoms with Crippen molar-refractivity contribution in [1.29, 1.82) is 0 Å². The summed E-state index contributed by atoms with van der Waals surface area (Å²) in [4.78, 5) is 12.0. The zero-order valence-electron chi connectivity index (χ0n) is 9.84. The summed E-state index contributed by atoms with van der Waals surface area (Å²) in [6, 6.07) is 0. The minimum absolute atomic E-state index is 0.0883. The second kappa shape index (κ2) is 6.16. The number of carbonyl (C=O) groups excluding carboxylic acids is 1. The van der Waals surface area contributed by atoms with Gasteiger partial charge in [0.2, 0.25) is 0 Å². The van der Waals surface area contributed by atoms with Crippen LogP contribution in [0.3, 0.4) is 0 Å². The molecule has 1 heterocycles. The van der Waals surface area contributed by atoms with Crippen LogP contribution < -0.4 is 5.32 Å². The van der Waals surface area contributed by atoms with Crippen LogP contribution in [-0.4, -0.2) is 31.6 Å². The third kappa shape index (κ3) is 3.42. The topological polar surface area (TPSA) is 38.3 Å². The summed E-state index contributed by atoms with van der Waals surface area (Å²) in [5.41, 5.74) is 1.05. The molecule has 2 rings (SSSR count). The Balaban J connectivity index is 1.83. The van der Waals surface area contributed by atoms with E-state index in [9.17, 15) is 4.79 Å². The number of ether oxygens (including phenoxy) is 1. The summed E-state index contributed by atoms with van der Waals surface area (Å²) in [5, 5.41) is 3.26. The van der Waals surface area contributed by atoms with E-state index in [-0.39, 0.29) is 6.10 Å². The van der Waals surface area contributed by atoms with Crippen molar-refractivity contribution in [2.45, 2.75) is 44.6 Å². The number of hydrogen-bond acceptors (Lipinski definition) is 3. The molecule has 0 spiro atoms. The molecule has 1 fully saturated rings. The van der Waals surface area contributed by atoms with E-state index in [2.05, 4.69) is 11.4 Å².